The average Bonchev–Trinajstić information content (AvgIpc) is 2.55. The fraction of sp³-hybridized carbons (Fsp3) is 0.500. The van der Waals surface area contributed by atoms with Gasteiger partial charge in [0.05, 0.1) is 0 Å². The summed E-state index contributed by atoms with van der Waals surface area (Å²) in [5.41, 5.74) is 10.1. The Balaban J connectivity index is 2.49. The second kappa shape index (κ2) is 3.62. The quantitative estimate of drug-likeness (QED) is 0.769. The smallest absolute Gasteiger partial charge is 0.0432 e. The summed E-state index contributed by atoms with van der Waals surface area (Å²) in [6, 6.07) is 6.59. The van der Waals surface area contributed by atoms with Gasteiger partial charge >= 0.3 is 0 Å². The highest BCUT2D eigenvalue weighted by molar-refractivity contribution is 5.64. The Morgan fingerprint density at radius 3 is 2.93 bits per heavy atom. The molecular formula is C12H18N2. The standard InChI is InChI=1S/C12H18N2/c1-3-9-5-4-6-11-10(7-13)8-14(2)12(9)11/h4-6,10H,3,7-8,13H2,1-2H3. The molecule has 1 heterocycles. The first-order valence-electron chi connectivity index (χ1n) is 5.31. The lowest BCUT2D eigenvalue weighted by Gasteiger charge is -2.15. The first-order chi connectivity index (χ1) is 6.77. The van der Waals surface area contributed by atoms with Crippen LogP contribution in [0.2, 0.25) is 0 Å². The van der Waals surface area contributed by atoms with Gasteiger partial charge in [0.25, 0.3) is 0 Å². The van der Waals surface area contributed by atoms with Gasteiger partial charge in [-0.05, 0) is 17.5 Å². The Morgan fingerprint density at radius 2 is 2.29 bits per heavy atom. The molecule has 2 rings (SSSR count). The number of nitrogens with two attached hydrogens (primary N) is 1. The van der Waals surface area contributed by atoms with Crippen LogP contribution in [0, 0.1) is 0 Å². The Kier molecular flexibility index (Phi) is 2.46. The van der Waals surface area contributed by atoms with Gasteiger partial charge in [0.15, 0.2) is 0 Å². The monoisotopic (exact) mass is 190 g/mol. The second-order valence-electron chi connectivity index (χ2n) is 4.02. The van der Waals surface area contributed by atoms with Crippen molar-refractivity contribution in [3.63, 3.8) is 0 Å². The highest BCUT2D eigenvalue weighted by atomic mass is 15.1. The number of fused-ring (bicyclic) bond motifs is 1. The Labute approximate surface area is 85.7 Å². The van der Waals surface area contributed by atoms with Gasteiger partial charge in [0.1, 0.15) is 0 Å². The summed E-state index contributed by atoms with van der Waals surface area (Å²) in [4.78, 5) is 2.34. The van der Waals surface area contributed by atoms with Crippen LogP contribution < -0.4 is 10.6 Å². The van der Waals surface area contributed by atoms with Crippen LogP contribution in [0.25, 0.3) is 0 Å². The fourth-order valence-electron chi connectivity index (χ4n) is 2.41. The van der Waals surface area contributed by atoms with Gasteiger partial charge in [-0.1, -0.05) is 25.1 Å². The van der Waals surface area contributed by atoms with E-state index < -0.39 is 0 Å². The molecule has 1 aliphatic rings. The summed E-state index contributed by atoms with van der Waals surface area (Å²) < 4.78 is 0. The summed E-state index contributed by atoms with van der Waals surface area (Å²) in [6.07, 6.45) is 1.10. The molecule has 1 unspecified atom stereocenters. The van der Waals surface area contributed by atoms with Crippen molar-refractivity contribution in [3.05, 3.63) is 29.3 Å². The normalized spacial score (nSPS) is 19.9. The van der Waals surface area contributed by atoms with Crippen LogP contribution in [-0.4, -0.2) is 20.1 Å². The van der Waals surface area contributed by atoms with Crippen molar-refractivity contribution in [2.24, 2.45) is 5.73 Å². The van der Waals surface area contributed by atoms with Crippen molar-refractivity contribution < 1.29 is 0 Å². The molecule has 0 amide bonds. The van der Waals surface area contributed by atoms with Crippen LogP contribution >= 0.6 is 0 Å². The number of aryl methyl sites for hydroxylation is 1. The highest BCUT2D eigenvalue weighted by Crippen LogP contribution is 2.37. The number of para-hydroxylation sites is 1. The van der Waals surface area contributed by atoms with E-state index in [0.717, 1.165) is 19.5 Å². The van der Waals surface area contributed by atoms with E-state index in [-0.39, 0.29) is 0 Å². The first-order valence-corrected chi connectivity index (χ1v) is 5.31. The van der Waals surface area contributed by atoms with Crippen molar-refractivity contribution in [1.29, 1.82) is 0 Å². The van der Waals surface area contributed by atoms with Gasteiger partial charge in [-0.2, -0.15) is 0 Å². The summed E-state index contributed by atoms with van der Waals surface area (Å²) in [7, 11) is 2.16. The van der Waals surface area contributed by atoms with Crippen molar-refractivity contribution in [3.8, 4) is 0 Å². The molecule has 0 saturated carbocycles. The number of benzene rings is 1. The van der Waals surface area contributed by atoms with Gasteiger partial charge in [-0.15, -0.1) is 0 Å². The van der Waals surface area contributed by atoms with Gasteiger partial charge in [-0.25, -0.2) is 0 Å². The maximum absolute atomic E-state index is 5.78. The Hall–Kier alpha value is -1.02. The predicted octanol–water partition coefficient (Wildman–Crippen LogP) is 1.74. The minimum atomic E-state index is 0.529. The van der Waals surface area contributed by atoms with Crippen LogP contribution in [0.3, 0.4) is 0 Å². The molecule has 1 aliphatic heterocycles. The van der Waals surface area contributed by atoms with Crippen molar-refractivity contribution in [2.45, 2.75) is 19.3 Å². The van der Waals surface area contributed by atoms with E-state index in [0.29, 0.717) is 5.92 Å². The topological polar surface area (TPSA) is 29.3 Å². The molecule has 0 aliphatic carbocycles. The number of anilines is 1. The molecule has 0 bridgehead atoms. The summed E-state index contributed by atoms with van der Waals surface area (Å²) >= 11 is 0. The van der Waals surface area contributed by atoms with Crippen LogP contribution in [-0.2, 0) is 6.42 Å². The molecule has 76 valence electrons. The van der Waals surface area contributed by atoms with Gasteiger partial charge in [0.2, 0.25) is 0 Å². The first kappa shape index (κ1) is 9.53. The summed E-state index contributed by atoms with van der Waals surface area (Å²) in [6.45, 7) is 4.03. The average molecular weight is 190 g/mol. The van der Waals surface area contributed by atoms with Gasteiger partial charge in [0, 0.05) is 31.7 Å². The number of hydrogen-bond acceptors (Lipinski definition) is 2. The molecule has 1 aromatic rings. The fourth-order valence-corrected chi connectivity index (χ4v) is 2.41. The van der Waals surface area contributed by atoms with E-state index >= 15 is 0 Å². The molecule has 1 atom stereocenters. The number of nitrogens with zero attached hydrogens (tertiary/aromatic N) is 1. The molecule has 0 aromatic heterocycles. The third kappa shape index (κ3) is 1.30. The Morgan fingerprint density at radius 1 is 1.50 bits per heavy atom. The molecule has 2 nitrogen and oxygen atoms in total. The number of hydrogen-bond donors (Lipinski definition) is 1. The van der Waals surface area contributed by atoms with Crippen molar-refractivity contribution in [1.82, 2.24) is 0 Å². The summed E-state index contributed by atoms with van der Waals surface area (Å²) in [5, 5.41) is 0. The highest BCUT2D eigenvalue weighted by Gasteiger charge is 2.26. The minimum absolute atomic E-state index is 0.529. The second-order valence-corrected chi connectivity index (χ2v) is 4.02. The maximum Gasteiger partial charge on any atom is 0.0432 e. The SMILES string of the molecule is CCc1cccc2c1N(C)CC2CN. The maximum atomic E-state index is 5.78. The van der Waals surface area contributed by atoms with Crippen molar-refractivity contribution in [2.75, 3.05) is 25.0 Å². The molecular weight excluding hydrogens is 172 g/mol. The van der Waals surface area contributed by atoms with Crippen LogP contribution in [0.15, 0.2) is 18.2 Å². The van der Waals surface area contributed by atoms with Crippen LogP contribution in [0.5, 0.6) is 0 Å². The third-order valence-corrected chi connectivity index (χ3v) is 3.13. The van der Waals surface area contributed by atoms with Crippen LogP contribution in [0.4, 0.5) is 5.69 Å². The number of rotatable bonds is 2. The molecule has 14 heavy (non-hydrogen) atoms. The van der Waals surface area contributed by atoms with E-state index in [1.807, 2.05) is 0 Å². The van der Waals surface area contributed by atoms with E-state index in [1.165, 1.54) is 16.8 Å². The van der Waals surface area contributed by atoms with Gasteiger partial charge < -0.3 is 10.6 Å². The molecule has 2 N–H and O–H groups in total. The zero-order valence-corrected chi connectivity index (χ0v) is 8.96. The molecule has 2 heteroatoms. The van der Waals surface area contributed by atoms with E-state index in [9.17, 15) is 0 Å². The number of likely N-dealkylation sites (N-methyl/N-ethyl adjacent to an activating group) is 1. The Bertz CT molecular complexity index is 333. The lowest BCUT2D eigenvalue weighted by Crippen LogP contribution is -2.20. The molecule has 1 aromatic carbocycles. The van der Waals surface area contributed by atoms with Crippen LogP contribution in [0.1, 0.15) is 24.0 Å². The van der Waals surface area contributed by atoms with E-state index in [4.69, 9.17) is 5.73 Å². The zero-order chi connectivity index (χ0) is 10.1. The molecule has 0 spiro atoms. The van der Waals surface area contributed by atoms with E-state index in [1.54, 1.807) is 0 Å². The molecule has 0 fully saturated rings. The molecule has 0 saturated heterocycles. The van der Waals surface area contributed by atoms with Gasteiger partial charge in [-0.3, -0.25) is 0 Å². The third-order valence-electron chi connectivity index (χ3n) is 3.13. The predicted molar refractivity (Wildman–Crippen MR) is 60.9 cm³/mol. The largest absolute Gasteiger partial charge is 0.373 e. The lowest BCUT2D eigenvalue weighted by atomic mass is 9.98. The zero-order valence-electron chi connectivity index (χ0n) is 8.96. The van der Waals surface area contributed by atoms with Crippen molar-refractivity contribution >= 4 is 5.69 Å². The molecule has 0 radical (unpaired) electrons. The lowest BCUT2D eigenvalue weighted by molar-refractivity contribution is 0.730. The minimum Gasteiger partial charge on any atom is -0.373 e. The van der Waals surface area contributed by atoms with E-state index in [2.05, 4.69) is 37.1 Å². The summed E-state index contributed by atoms with van der Waals surface area (Å²) in [5.74, 6) is 0.529.